The van der Waals surface area contributed by atoms with Gasteiger partial charge in [0.2, 0.25) is 5.95 Å². The molecule has 6 heteroatoms. The van der Waals surface area contributed by atoms with E-state index in [0.717, 1.165) is 24.3 Å². The first-order chi connectivity index (χ1) is 12.6. The molecule has 1 heterocycles. The maximum Gasteiger partial charge on any atom is 0.274 e. The Balaban J connectivity index is 1.70. The summed E-state index contributed by atoms with van der Waals surface area (Å²) in [6.45, 7) is 1.88. The zero-order valence-electron chi connectivity index (χ0n) is 15.4. The monoisotopic (exact) mass is 354 g/mol. The van der Waals surface area contributed by atoms with Crippen molar-refractivity contribution < 1.29 is 9.53 Å². The minimum atomic E-state index is -0.246. The Morgan fingerprint density at radius 3 is 2.42 bits per heavy atom. The molecule has 1 aromatic heterocycles. The summed E-state index contributed by atoms with van der Waals surface area (Å²) in [7, 11) is 1.61. The second-order valence-corrected chi connectivity index (χ2v) is 6.73. The Hall–Kier alpha value is -2.63. The third kappa shape index (κ3) is 4.94. The predicted octanol–water partition coefficient (Wildman–Crippen LogP) is 4.18. The molecule has 6 nitrogen and oxygen atoms in total. The summed E-state index contributed by atoms with van der Waals surface area (Å²) in [6.07, 6.45) is 7.31. The van der Waals surface area contributed by atoms with Gasteiger partial charge in [0.25, 0.3) is 5.91 Å². The van der Waals surface area contributed by atoms with Gasteiger partial charge in [-0.15, -0.1) is 0 Å². The lowest BCUT2D eigenvalue weighted by Gasteiger charge is -2.17. The highest BCUT2D eigenvalue weighted by Gasteiger charge is 2.16. The van der Waals surface area contributed by atoms with Gasteiger partial charge in [0.1, 0.15) is 11.4 Å². The Kier molecular flexibility index (Phi) is 6.04. The molecular weight excluding hydrogens is 328 g/mol. The number of carbonyl (C=O) groups is 1. The number of hydrogen-bond donors (Lipinski definition) is 2. The topological polar surface area (TPSA) is 76.1 Å². The SMILES string of the molecule is COc1ccc(NC(=O)c2cc(C)nc(NC3CCCCCC3)n2)cc1. The summed E-state index contributed by atoms with van der Waals surface area (Å²) in [4.78, 5) is 21.4. The molecule has 1 saturated carbocycles. The van der Waals surface area contributed by atoms with E-state index in [1.165, 1.54) is 25.7 Å². The van der Waals surface area contributed by atoms with Gasteiger partial charge >= 0.3 is 0 Å². The van der Waals surface area contributed by atoms with E-state index < -0.39 is 0 Å². The van der Waals surface area contributed by atoms with Crippen molar-refractivity contribution in [3.63, 3.8) is 0 Å². The number of anilines is 2. The summed E-state index contributed by atoms with van der Waals surface area (Å²) in [5, 5.41) is 6.28. The van der Waals surface area contributed by atoms with Gasteiger partial charge in [0.15, 0.2) is 0 Å². The molecule has 1 amide bonds. The van der Waals surface area contributed by atoms with Crippen LogP contribution in [0.15, 0.2) is 30.3 Å². The fourth-order valence-electron chi connectivity index (χ4n) is 3.23. The van der Waals surface area contributed by atoms with Crippen molar-refractivity contribution in [3.05, 3.63) is 41.7 Å². The Bertz CT molecular complexity index is 738. The number of nitrogens with one attached hydrogen (secondary N) is 2. The highest BCUT2D eigenvalue weighted by Crippen LogP contribution is 2.20. The van der Waals surface area contributed by atoms with E-state index in [0.29, 0.717) is 23.4 Å². The van der Waals surface area contributed by atoms with Crippen LogP contribution in [-0.2, 0) is 0 Å². The van der Waals surface area contributed by atoms with E-state index in [4.69, 9.17) is 4.74 Å². The Morgan fingerprint density at radius 1 is 1.08 bits per heavy atom. The Labute approximate surface area is 154 Å². The van der Waals surface area contributed by atoms with Gasteiger partial charge in [-0.3, -0.25) is 4.79 Å². The maximum absolute atomic E-state index is 12.6. The number of hydrogen-bond acceptors (Lipinski definition) is 5. The first-order valence-corrected chi connectivity index (χ1v) is 9.21. The van der Waals surface area contributed by atoms with Crippen LogP contribution < -0.4 is 15.4 Å². The number of aromatic nitrogens is 2. The van der Waals surface area contributed by atoms with E-state index in [2.05, 4.69) is 20.6 Å². The first-order valence-electron chi connectivity index (χ1n) is 9.21. The predicted molar refractivity (Wildman–Crippen MR) is 103 cm³/mol. The van der Waals surface area contributed by atoms with E-state index in [1.54, 1.807) is 37.4 Å². The van der Waals surface area contributed by atoms with Crippen LogP contribution in [0.2, 0.25) is 0 Å². The first kappa shape index (κ1) is 18.2. The lowest BCUT2D eigenvalue weighted by atomic mass is 10.1. The van der Waals surface area contributed by atoms with Crippen molar-refractivity contribution in [1.29, 1.82) is 0 Å². The molecule has 138 valence electrons. The lowest BCUT2D eigenvalue weighted by molar-refractivity contribution is 0.102. The molecule has 2 aromatic rings. The van der Waals surface area contributed by atoms with E-state index >= 15 is 0 Å². The number of amides is 1. The number of benzene rings is 1. The van der Waals surface area contributed by atoms with Gasteiger partial charge < -0.3 is 15.4 Å². The summed E-state index contributed by atoms with van der Waals surface area (Å²) in [5.41, 5.74) is 1.84. The van der Waals surface area contributed by atoms with Crippen LogP contribution in [-0.4, -0.2) is 29.0 Å². The van der Waals surface area contributed by atoms with Crippen LogP contribution in [0.3, 0.4) is 0 Å². The summed E-state index contributed by atoms with van der Waals surface area (Å²) in [5.74, 6) is 1.04. The average Bonchev–Trinajstić information content (AvgIpc) is 2.90. The molecule has 1 aromatic carbocycles. The van der Waals surface area contributed by atoms with E-state index in [-0.39, 0.29) is 5.91 Å². The van der Waals surface area contributed by atoms with Crippen molar-refractivity contribution in [3.8, 4) is 5.75 Å². The van der Waals surface area contributed by atoms with E-state index in [1.807, 2.05) is 6.92 Å². The van der Waals surface area contributed by atoms with Gasteiger partial charge in [-0.05, 0) is 50.1 Å². The molecule has 2 N–H and O–H groups in total. The van der Waals surface area contributed by atoms with Gasteiger partial charge in [0.05, 0.1) is 7.11 Å². The minimum Gasteiger partial charge on any atom is -0.497 e. The van der Waals surface area contributed by atoms with E-state index in [9.17, 15) is 4.79 Å². The number of nitrogens with zero attached hydrogens (tertiary/aromatic N) is 2. The number of ether oxygens (including phenoxy) is 1. The summed E-state index contributed by atoms with van der Waals surface area (Å²) in [6, 6.07) is 9.30. The van der Waals surface area contributed by atoms with Crippen LogP contribution >= 0.6 is 0 Å². The van der Waals surface area contributed by atoms with Gasteiger partial charge in [-0.25, -0.2) is 9.97 Å². The molecule has 0 atom stereocenters. The standard InChI is InChI=1S/C20H26N4O2/c1-14-13-18(19(25)22-16-9-11-17(26-2)12-10-16)24-20(21-14)23-15-7-5-3-4-6-8-15/h9-13,15H,3-8H2,1-2H3,(H,22,25)(H,21,23,24). The zero-order chi connectivity index (χ0) is 18.4. The van der Waals surface area contributed by atoms with Crippen LogP contribution in [0.25, 0.3) is 0 Å². The molecule has 0 spiro atoms. The molecule has 26 heavy (non-hydrogen) atoms. The summed E-state index contributed by atoms with van der Waals surface area (Å²) < 4.78 is 5.13. The van der Waals surface area contributed by atoms with Crippen molar-refractivity contribution in [2.45, 2.75) is 51.5 Å². The van der Waals surface area contributed by atoms with Crippen molar-refractivity contribution >= 4 is 17.5 Å². The number of carbonyl (C=O) groups excluding carboxylic acids is 1. The fourth-order valence-corrected chi connectivity index (χ4v) is 3.23. The second kappa shape index (κ2) is 8.65. The lowest BCUT2D eigenvalue weighted by Crippen LogP contribution is -2.22. The van der Waals surface area contributed by atoms with Crippen LogP contribution in [0.5, 0.6) is 5.75 Å². The van der Waals surface area contributed by atoms with Crippen molar-refractivity contribution in [2.75, 3.05) is 17.7 Å². The van der Waals surface area contributed by atoms with Gasteiger partial charge in [0, 0.05) is 17.4 Å². The molecular formula is C20H26N4O2. The van der Waals surface area contributed by atoms with Crippen LogP contribution in [0.1, 0.15) is 54.7 Å². The smallest absolute Gasteiger partial charge is 0.274 e. The van der Waals surface area contributed by atoms with Crippen molar-refractivity contribution in [2.24, 2.45) is 0 Å². The molecule has 0 saturated heterocycles. The van der Waals surface area contributed by atoms with Crippen LogP contribution in [0, 0.1) is 6.92 Å². The average molecular weight is 354 g/mol. The zero-order valence-corrected chi connectivity index (χ0v) is 15.4. The highest BCUT2D eigenvalue weighted by molar-refractivity contribution is 6.03. The Morgan fingerprint density at radius 2 is 1.77 bits per heavy atom. The molecule has 0 aliphatic heterocycles. The molecule has 1 aliphatic rings. The number of aryl methyl sites for hydroxylation is 1. The molecule has 0 bridgehead atoms. The largest absolute Gasteiger partial charge is 0.497 e. The molecule has 3 rings (SSSR count). The minimum absolute atomic E-state index is 0.246. The highest BCUT2D eigenvalue weighted by atomic mass is 16.5. The number of rotatable bonds is 5. The third-order valence-corrected chi connectivity index (χ3v) is 4.62. The van der Waals surface area contributed by atoms with Crippen LogP contribution in [0.4, 0.5) is 11.6 Å². The quantitative estimate of drug-likeness (QED) is 0.788. The van der Waals surface area contributed by atoms with Crippen molar-refractivity contribution in [1.82, 2.24) is 9.97 Å². The summed E-state index contributed by atoms with van der Waals surface area (Å²) >= 11 is 0. The second-order valence-electron chi connectivity index (χ2n) is 6.73. The van der Waals surface area contributed by atoms with Gasteiger partial charge in [-0.2, -0.15) is 0 Å². The third-order valence-electron chi connectivity index (χ3n) is 4.62. The maximum atomic E-state index is 12.6. The molecule has 1 fully saturated rings. The molecule has 0 unspecified atom stereocenters. The normalized spacial score (nSPS) is 15.2. The molecule has 0 radical (unpaired) electrons. The number of methoxy groups -OCH3 is 1. The van der Waals surface area contributed by atoms with Gasteiger partial charge in [-0.1, -0.05) is 25.7 Å². The fraction of sp³-hybridized carbons (Fsp3) is 0.450. The molecule has 1 aliphatic carbocycles.